The van der Waals surface area contributed by atoms with Crippen LogP contribution in [0.3, 0.4) is 0 Å². The molecule has 0 aromatic carbocycles. The summed E-state index contributed by atoms with van der Waals surface area (Å²) in [6.07, 6.45) is 0.524. The van der Waals surface area contributed by atoms with E-state index in [0.29, 0.717) is 28.9 Å². The van der Waals surface area contributed by atoms with Gasteiger partial charge in [0.2, 0.25) is 5.91 Å². The molecule has 0 aromatic rings. The topological polar surface area (TPSA) is 29.1 Å². The lowest BCUT2D eigenvalue weighted by Gasteiger charge is -2.04. The van der Waals surface area contributed by atoms with Crippen molar-refractivity contribution in [3.8, 4) is 0 Å². The first kappa shape index (κ1) is 11.9. The van der Waals surface area contributed by atoms with Gasteiger partial charge in [-0.1, -0.05) is 27.7 Å². The summed E-state index contributed by atoms with van der Waals surface area (Å²) in [5.74, 6) is 1.36. The highest BCUT2D eigenvalue weighted by Gasteiger charge is 2.64. The molecule has 1 saturated carbocycles. The largest absolute Gasteiger partial charge is 0.356 e. The second kappa shape index (κ2) is 3.76. The summed E-state index contributed by atoms with van der Waals surface area (Å²) >= 11 is 4.03. The SMILES string of the molecule is CC1(C)C(CNC(=O)CCS)C1(C)C. The molecule has 0 heterocycles. The summed E-state index contributed by atoms with van der Waals surface area (Å²) in [7, 11) is 0. The number of hydrogen-bond acceptors (Lipinski definition) is 2. The van der Waals surface area contributed by atoms with E-state index >= 15 is 0 Å². The fourth-order valence-electron chi connectivity index (χ4n) is 2.25. The summed E-state index contributed by atoms with van der Waals surface area (Å²) < 4.78 is 0. The van der Waals surface area contributed by atoms with Gasteiger partial charge in [-0.05, 0) is 22.5 Å². The lowest BCUT2D eigenvalue weighted by molar-refractivity contribution is -0.120. The van der Waals surface area contributed by atoms with Gasteiger partial charge in [0, 0.05) is 13.0 Å². The molecule has 0 atom stereocenters. The van der Waals surface area contributed by atoms with Crippen molar-refractivity contribution in [2.75, 3.05) is 12.3 Å². The van der Waals surface area contributed by atoms with Crippen molar-refractivity contribution in [1.29, 1.82) is 0 Å². The summed E-state index contributed by atoms with van der Waals surface area (Å²) in [6, 6.07) is 0. The Morgan fingerprint density at radius 1 is 1.29 bits per heavy atom. The molecule has 3 heteroatoms. The second-order valence-electron chi connectivity index (χ2n) is 5.27. The number of amides is 1. The van der Waals surface area contributed by atoms with Crippen molar-refractivity contribution < 1.29 is 4.79 Å². The molecule has 82 valence electrons. The first-order valence-electron chi connectivity index (χ1n) is 5.21. The van der Waals surface area contributed by atoms with Crippen molar-refractivity contribution >= 4 is 18.5 Å². The van der Waals surface area contributed by atoms with Gasteiger partial charge in [-0.25, -0.2) is 0 Å². The third-order valence-corrected chi connectivity index (χ3v) is 4.39. The fourth-order valence-corrected chi connectivity index (χ4v) is 2.45. The zero-order valence-corrected chi connectivity index (χ0v) is 10.4. The molecule has 1 N–H and O–H groups in total. The fraction of sp³-hybridized carbons (Fsp3) is 0.909. The van der Waals surface area contributed by atoms with Crippen LogP contribution in [0.25, 0.3) is 0 Å². The Morgan fingerprint density at radius 3 is 2.14 bits per heavy atom. The Morgan fingerprint density at radius 2 is 1.79 bits per heavy atom. The van der Waals surface area contributed by atoms with Crippen molar-refractivity contribution in [1.82, 2.24) is 5.32 Å². The number of carbonyl (C=O) groups is 1. The van der Waals surface area contributed by atoms with Gasteiger partial charge < -0.3 is 5.32 Å². The molecule has 0 saturated heterocycles. The number of rotatable bonds is 4. The highest BCUT2D eigenvalue weighted by Crippen LogP contribution is 2.67. The molecule has 0 spiro atoms. The second-order valence-corrected chi connectivity index (χ2v) is 5.72. The van der Waals surface area contributed by atoms with E-state index < -0.39 is 0 Å². The predicted molar refractivity (Wildman–Crippen MR) is 62.5 cm³/mol. The molecule has 0 unspecified atom stereocenters. The minimum atomic E-state index is 0.124. The van der Waals surface area contributed by atoms with Gasteiger partial charge in [0.25, 0.3) is 0 Å². The number of hydrogen-bond donors (Lipinski definition) is 2. The van der Waals surface area contributed by atoms with Crippen LogP contribution in [0.4, 0.5) is 0 Å². The Bertz CT molecular complexity index is 221. The van der Waals surface area contributed by atoms with Crippen LogP contribution in [0.2, 0.25) is 0 Å². The van der Waals surface area contributed by atoms with Crippen LogP contribution in [0.5, 0.6) is 0 Å². The summed E-state index contributed by atoms with van der Waals surface area (Å²) in [6.45, 7) is 9.88. The van der Waals surface area contributed by atoms with Gasteiger partial charge in [-0.15, -0.1) is 0 Å². The normalized spacial score (nSPS) is 23.2. The average Bonchev–Trinajstić information content (AvgIpc) is 2.41. The highest BCUT2D eigenvalue weighted by molar-refractivity contribution is 7.80. The van der Waals surface area contributed by atoms with Gasteiger partial charge in [-0.2, -0.15) is 12.6 Å². The number of nitrogens with one attached hydrogen (secondary N) is 1. The van der Waals surface area contributed by atoms with Crippen LogP contribution in [0.1, 0.15) is 34.1 Å². The third-order valence-electron chi connectivity index (χ3n) is 4.16. The van der Waals surface area contributed by atoms with Crippen molar-refractivity contribution in [2.24, 2.45) is 16.7 Å². The molecule has 1 fully saturated rings. The van der Waals surface area contributed by atoms with Crippen LogP contribution < -0.4 is 5.32 Å². The monoisotopic (exact) mass is 215 g/mol. The van der Waals surface area contributed by atoms with Crippen LogP contribution >= 0.6 is 12.6 Å². The summed E-state index contributed by atoms with van der Waals surface area (Å²) in [5, 5.41) is 2.97. The van der Waals surface area contributed by atoms with Crippen LogP contribution in [-0.4, -0.2) is 18.2 Å². The molecule has 0 aromatic heterocycles. The Labute approximate surface area is 92.2 Å². The molecule has 1 aliphatic rings. The maximum Gasteiger partial charge on any atom is 0.220 e. The molecule has 2 nitrogen and oxygen atoms in total. The lowest BCUT2D eigenvalue weighted by atomic mass is 10.0. The maximum absolute atomic E-state index is 11.2. The molecular formula is C11H21NOS. The van der Waals surface area contributed by atoms with E-state index in [1.54, 1.807) is 0 Å². The predicted octanol–water partition coefficient (Wildman–Crippen LogP) is 2.10. The van der Waals surface area contributed by atoms with Crippen molar-refractivity contribution in [2.45, 2.75) is 34.1 Å². The Balaban J connectivity index is 2.32. The van der Waals surface area contributed by atoms with E-state index in [-0.39, 0.29) is 5.91 Å². The van der Waals surface area contributed by atoms with Gasteiger partial charge >= 0.3 is 0 Å². The third kappa shape index (κ3) is 1.92. The molecule has 1 rings (SSSR count). The minimum Gasteiger partial charge on any atom is -0.356 e. The lowest BCUT2D eigenvalue weighted by Crippen LogP contribution is -2.27. The Hall–Kier alpha value is -0.180. The van der Waals surface area contributed by atoms with E-state index in [0.717, 1.165) is 6.54 Å². The molecule has 1 aliphatic carbocycles. The van der Waals surface area contributed by atoms with Crippen LogP contribution in [0.15, 0.2) is 0 Å². The van der Waals surface area contributed by atoms with Gasteiger partial charge in [0.15, 0.2) is 0 Å². The van der Waals surface area contributed by atoms with Crippen LogP contribution in [0, 0.1) is 16.7 Å². The smallest absolute Gasteiger partial charge is 0.220 e. The minimum absolute atomic E-state index is 0.124. The van der Waals surface area contributed by atoms with Gasteiger partial charge in [0.1, 0.15) is 0 Å². The van der Waals surface area contributed by atoms with E-state index in [2.05, 4.69) is 45.6 Å². The molecule has 14 heavy (non-hydrogen) atoms. The van der Waals surface area contributed by atoms with Crippen LogP contribution in [-0.2, 0) is 4.79 Å². The summed E-state index contributed by atoms with van der Waals surface area (Å²) in [4.78, 5) is 11.2. The highest BCUT2D eigenvalue weighted by atomic mass is 32.1. The van der Waals surface area contributed by atoms with E-state index in [4.69, 9.17) is 0 Å². The van der Waals surface area contributed by atoms with E-state index in [9.17, 15) is 4.79 Å². The molecular weight excluding hydrogens is 194 g/mol. The van der Waals surface area contributed by atoms with Gasteiger partial charge in [0.05, 0.1) is 0 Å². The molecule has 0 radical (unpaired) electrons. The number of carbonyl (C=O) groups excluding carboxylic acids is 1. The standard InChI is InChI=1S/C11H21NOS/c1-10(2)8(11(10,3)4)7-12-9(13)5-6-14/h8,14H,5-7H2,1-4H3,(H,12,13). The average molecular weight is 215 g/mol. The van der Waals surface area contributed by atoms with Crippen molar-refractivity contribution in [3.05, 3.63) is 0 Å². The van der Waals surface area contributed by atoms with Crippen molar-refractivity contribution in [3.63, 3.8) is 0 Å². The van der Waals surface area contributed by atoms with Gasteiger partial charge in [-0.3, -0.25) is 4.79 Å². The Kier molecular flexibility index (Phi) is 3.20. The van der Waals surface area contributed by atoms with E-state index in [1.807, 2.05) is 0 Å². The maximum atomic E-state index is 11.2. The zero-order chi connectivity index (χ0) is 11.0. The van der Waals surface area contributed by atoms with E-state index in [1.165, 1.54) is 0 Å². The molecule has 1 amide bonds. The first-order chi connectivity index (χ1) is 6.34. The molecule has 0 bridgehead atoms. The summed E-state index contributed by atoms with van der Waals surface area (Å²) in [5.41, 5.74) is 0.725. The zero-order valence-electron chi connectivity index (χ0n) is 9.55. The number of thiol groups is 1. The quantitative estimate of drug-likeness (QED) is 0.691. The first-order valence-corrected chi connectivity index (χ1v) is 5.85. The molecule has 0 aliphatic heterocycles.